The Morgan fingerprint density at radius 1 is 1.29 bits per heavy atom. The Hall–Kier alpha value is -0.580. The molecule has 0 aromatic carbocycles. The summed E-state index contributed by atoms with van der Waals surface area (Å²) < 4.78 is 20.5. The van der Waals surface area contributed by atoms with E-state index >= 15 is 0 Å². The van der Waals surface area contributed by atoms with Crippen molar-refractivity contribution < 1.29 is 18.9 Å². The van der Waals surface area contributed by atoms with Gasteiger partial charge < -0.3 is 18.9 Å². The van der Waals surface area contributed by atoms with Crippen molar-refractivity contribution in [3.63, 3.8) is 0 Å². The summed E-state index contributed by atoms with van der Waals surface area (Å²) >= 11 is 0. The quantitative estimate of drug-likeness (QED) is 0.305. The first-order valence-electron chi connectivity index (χ1n) is 4.67. The Labute approximate surface area is 85.8 Å². The second kappa shape index (κ2) is 10.5. The molecule has 1 atom stereocenters. The van der Waals surface area contributed by atoms with Crippen molar-refractivity contribution in [1.29, 1.82) is 0 Å². The van der Waals surface area contributed by atoms with E-state index in [9.17, 15) is 0 Å². The van der Waals surface area contributed by atoms with Crippen LogP contribution in [0.1, 0.15) is 6.92 Å². The van der Waals surface area contributed by atoms with Crippen molar-refractivity contribution in [2.24, 2.45) is 0 Å². The first kappa shape index (κ1) is 13.4. The highest BCUT2D eigenvalue weighted by atomic mass is 16.7. The third-order valence-corrected chi connectivity index (χ3v) is 1.37. The fourth-order valence-corrected chi connectivity index (χ4v) is 0.819. The van der Waals surface area contributed by atoms with Crippen LogP contribution < -0.4 is 0 Å². The Balaban J connectivity index is 3.35. The summed E-state index contributed by atoms with van der Waals surface area (Å²) in [6.45, 7) is 11.3. The van der Waals surface area contributed by atoms with Crippen LogP contribution in [0.3, 0.4) is 0 Å². The van der Waals surface area contributed by atoms with Gasteiger partial charge in [-0.2, -0.15) is 0 Å². The molecule has 4 heteroatoms. The van der Waals surface area contributed by atoms with Crippen LogP contribution in [0.4, 0.5) is 0 Å². The first-order chi connectivity index (χ1) is 6.85. The lowest BCUT2D eigenvalue weighted by Gasteiger charge is -2.16. The molecule has 0 N–H and O–H groups in total. The van der Waals surface area contributed by atoms with Gasteiger partial charge in [-0.3, -0.25) is 0 Å². The molecule has 0 aliphatic carbocycles. The maximum Gasteiger partial charge on any atom is 0.222 e. The molecular formula is C10H19O4. The average molecular weight is 203 g/mol. The van der Waals surface area contributed by atoms with Gasteiger partial charge in [-0.05, 0) is 13.8 Å². The molecule has 4 nitrogen and oxygen atoms in total. The Kier molecular flexibility index (Phi) is 10.1. The predicted molar refractivity (Wildman–Crippen MR) is 53.7 cm³/mol. The minimum absolute atomic E-state index is 0.375. The molecule has 0 aromatic heterocycles. The standard InChI is InChI=1S/C10H19O4/c1-4-11-7-8-12-9-10(13-5-2)14-6-3/h5,10H,1-2,4,6-9H2,3H3. The number of hydrogen-bond donors (Lipinski definition) is 0. The van der Waals surface area contributed by atoms with E-state index in [2.05, 4.69) is 13.5 Å². The molecule has 0 amide bonds. The largest absolute Gasteiger partial charge is 0.471 e. The fourth-order valence-electron chi connectivity index (χ4n) is 0.819. The minimum Gasteiger partial charge on any atom is -0.471 e. The van der Waals surface area contributed by atoms with Crippen molar-refractivity contribution >= 4 is 0 Å². The minimum atomic E-state index is -0.378. The smallest absolute Gasteiger partial charge is 0.222 e. The Morgan fingerprint density at radius 2 is 2.00 bits per heavy atom. The molecule has 0 heterocycles. The van der Waals surface area contributed by atoms with Crippen LogP contribution in [0.5, 0.6) is 0 Å². The van der Waals surface area contributed by atoms with Crippen LogP contribution in [0.15, 0.2) is 12.8 Å². The molecule has 0 fully saturated rings. The van der Waals surface area contributed by atoms with Gasteiger partial charge in [-0.15, -0.1) is 0 Å². The summed E-state index contributed by atoms with van der Waals surface area (Å²) in [5.41, 5.74) is 0. The van der Waals surface area contributed by atoms with E-state index in [1.54, 1.807) is 0 Å². The van der Waals surface area contributed by atoms with Crippen molar-refractivity contribution in [2.45, 2.75) is 13.2 Å². The van der Waals surface area contributed by atoms with E-state index in [0.717, 1.165) is 0 Å². The Morgan fingerprint density at radius 3 is 2.57 bits per heavy atom. The second-order valence-corrected chi connectivity index (χ2v) is 2.37. The molecule has 1 radical (unpaired) electrons. The summed E-state index contributed by atoms with van der Waals surface area (Å²) in [6, 6.07) is 0. The zero-order valence-corrected chi connectivity index (χ0v) is 8.74. The molecule has 0 aromatic rings. The zero-order valence-electron chi connectivity index (χ0n) is 8.74. The SMILES string of the molecule is [CH2]COCCOCC(OC=C)OCC. The van der Waals surface area contributed by atoms with E-state index in [0.29, 0.717) is 33.0 Å². The van der Waals surface area contributed by atoms with Gasteiger partial charge in [0.15, 0.2) is 0 Å². The number of hydrogen-bond acceptors (Lipinski definition) is 4. The molecule has 0 aliphatic rings. The van der Waals surface area contributed by atoms with E-state index < -0.39 is 0 Å². The molecule has 1 unspecified atom stereocenters. The molecule has 0 rings (SSSR count). The zero-order chi connectivity index (χ0) is 10.6. The number of rotatable bonds is 10. The highest BCUT2D eigenvalue weighted by molar-refractivity contribution is 4.53. The van der Waals surface area contributed by atoms with Gasteiger partial charge in [0.25, 0.3) is 0 Å². The second-order valence-electron chi connectivity index (χ2n) is 2.37. The lowest BCUT2D eigenvalue weighted by molar-refractivity contribution is -0.142. The van der Waals surface area contributed by atoms with Gasteiger partial charge in [-0.1, -0.05) is 6.58 Å². The molecule has 0 bridgehead atoms. The third kappa shape index (κ3) is 8.04. The van der Waals surface area contributed by atoms with Crippen LogP contribution in [0, 0.1) is 6.92 Å². The van der Waals surface area contributed by atoms with Gasteiger partial charge >= 0.3 is 0 Å². The Bertz CT molecular complexity index is 127. The third-order valence-electron chi connectivity index (χ3n) is 1.37. The number of ether oxygens (including phenoxy) is 4. The van der Waals surface area contributed by atoms with E-state index in [4.69, 9.17) is 18.9 Å². The summed E-state index contributed by atoms with van der Waals surface area (Å²) in [4.78, 5) is 0. The van der Waals surface area contributed by atoms with Crippen LogP contribution >= 0.6 is 0 Å². The summed E-state index contributed by atoms with van der Waals surface area (Å²) in [5, 5.41) is 0. The van der Waals surface area contributed by atoms with Gasteiger partial charge in [0, 0.05) is 13.2 Å². The normalized spacial score (nSPS) is 12.4. The lowest BCUT2D eigenvalue weighted by atomic mass is 10.6. The van der Waals surface area contributed by atoms with Gasteiger partial charge in [0.1, 0.15) is 6.61 Å². The topological polar surface area (TPSA) is 36.9 Å². The highest BCUT2D eigenvalue weighted by Gasteiger charge is 2.06. The molecule has 0 saturated carbocycles. The monoisotopic (exact) mass is 203 g/mol. The molecular weight excluding hydrogens is 184 g/mol. The first-order valence-corrected chi connectivity index (χ1v) is 4.67. The molecule has 0 spiro atoms. The van der Waals surface area contributed by atoms with Crippen molar-refractivity contribution in [3.8, 4) is 0 Å². The maximum absolute atomic E-state index is 5.25. The van der Waals surface area contributed by atoms with Crippen molar-refractivity contribution in [3.05, 3.63) is 19.8 Å². The van der Waals surface area contributed by atoms with E-state index in [1.807, 2.05) is 6.92 Å². The summed E-state index contributed by atoms with van der Waals surface area (Å²) in [7, 11) is 0. The molecule has 83 valence electrons. The summed E-state index contributed by atoms with van der Waals surface area (Å²) in [5.74, 6) is 0. The van der Waals surface area contributed by atoms with E-state index in [-0.39, 0.29) is 6.29 Å². The van der Waals surface area contributed by atoms with Crippen LogP contribution in [0.25, 0.3) is 0 Å². The van der Waals surface area contributed by atoms with Crippen molar-refractivity contribution in [1.82, 2.24) is 0 Å². The molecule has 14 heavy (non-hydrogen) atoms. The van der Waals surface area contributed by atoms with Gasteiger partial charge in [0.05, 0.1) is 19.5 Å². The van der Waals surface area contributed by atoms with Crippen LogP contribution in [-0.4, -0.2) is 39.3 Å². The maximum atomic E-state index is 5.25. The molecule has 0 saturated heterocycles. The lowest BCUT2D eigenvalue weighted by Crippen LogP contribution is -2.22. The summed E-state index contributed by atoms with van der Waals surface area (Å²) in [6.07, 6.45) is 0.966. The molecule has 0 aliphatic heterocycles. The van der Waals surface area contributed by atoms with Gasteiger partial charge in [-0.25, -0.2) is 0 Å². The highest BCUT2D eigenvalue weighted by Crippen LogP contribution is 1.96. The van der Waals surface area contributed by atoms with E-state index in [1.165, 1.54) is 6.26 Å². The fraction of sp³-hybridized carbons (Fsp3) is 0.700. The van der Waals surface area contributed by atoms with Crippen LogP contribution in [0.2, 0.25) is 0 Å². The van der Waals surface area contributed by atoms with Crippen molar-refractivity contribution in [2.75, 3.05) is 33.0 Å². The van der Waals surface area contributed by atoms with Crippen LogP contribution in [-0.2, 0) is 18.9 Å². The van der Waals surface area contributed by atoms with Gasteiger partial charge in [0.2, 0.25) is 6.29 Å². The predicted octanol–water partition coefficient (Wildman–Crippen LogP) is 1.38. The average Bonchev–Trinajstić information content (AvgIpc) is 2.18.